The van der Waals surface area contributed by atoms with E-state index in [0.717, 1.165) is 23.1 Å². The third-order valence-electron chi connectivity index (χ3n) is 3.52. The SMILES string of the molecule is CCN(CC(=O)N[C@H](C)c1ccc(Br)cc1)Cc1cccs1. The van der Waals surface area contributed by atoms with Gasteiger partial charge < -0.3 is 5.32 Å². The number of likely N-dealkylation sites (N-methyl/N-ethyl adjacent to an activating group) is 1. The van der Waals surface area contributed by atoms with Gasteiger partial charge in [-0.05, 0) is 42.6 Å². The van der Waals surface area contributed by atoms with Gasteiger partial charge in [-0.2, -0.15) is 0 Å². The predicted molar refractivity (Wildman–Crippen MR) is 96.0 cm³/mol. The lowest BCUT2D eigenvalue weighted by Crippen LogP contribution is -2.37. The molecule has 0 fully saturated rings. The van der Waals surface area contributed by atoms with Gasteiger partial charge in [0, 0.05) is 15.9 Å². The first kappa shape index (κ1) is 17.2. The molecule has 0 spiro atoms. The van der Waals surface area contributed by atoms with Crippen LogP contribution in [-0.2, 0) is 11.3 Å². The van der Waals surface area contributed by atoms with Crippen molar-refractivity contribution in [3.05, 3.63) is 56.7 Å². The summed E-state index contributed by atoms with van der Waals surface area (Å²) in [5.74, 6) is 0.0637. The Kier molecular flexibility index (Phi) is 6.61. The molecule has 118 valence electrons. The van der Waals surface area contributed by atoms with Crippen LogP contribution in [0, 0.1) is 0 Å². The van der Waals surface area contributed by atoms with Crippen molar-refractivity contribution in [2.75, 3.05) is 13.1 Å². The Morgan fingerprint density at radius 1 is 1.32 bits per heavy atom. The van der Waals surface area contributed by atoms with Crippen LogP contribution in [0.3, 0.4) is 0 Å². The van der Waals surface area contributed by atoms with E-state index < -0.39 is 0 Å². The van der Waals surface area contributed by atoms with Crippen LogP contribution in [0.2, 0.25) is 0 Å². The smallest absolute Gasteiger partial charge is 0.234 e. The minimum atomic E-state index is 0.0149. The zero-order valence-corrected chi connectivity index (χ0v) is 15.3. The zero-order valence-electron chi connectivity index (χ0n) is 12.9. The fourth-order valence-electron chi connectivity index (χ4n) is 2.23. The van der Waals surface area contributed by atoms with Crippen LogP contribution in [0.15, 0.2) is 46.3 Å². The number of nitrogens with zero attached hydrogens (tertiary/aromatic N) is 1. The molecule has 1 aromatic heterocycles. The number of carbonyl (C=O) groups excluding carboxylic acids is 1. The molecule has 0 aliphatic heterocycles. The summed E-state index contributed by atoms with van der Waals surface area (Å²) in [4.78, 5) is 15.7. The molecule has 2 aromatic rings. The highest BCUT2D eigenvalue weighted by Crippen LogP contribution is 2.16. The summed E-state index contributed by atoms with van der Waals surface area (Å²) in [6, 6.07) is 12.2. The molecular formula is C17H21BrN2OS. The number of rotatable bonds is 7. The largest absolute Gasteiger partial charge is 0.348 e. The van der Waals surface area contributed by atoms with Crippen LogP contribution < -0.4 is 5.32 Å². The van der Waals surface area contributed by atoms with Gasteiger partial charge in [0.1, 0.15) is 0 Å². The fourth-order valence-corrected chi connectivity index (χ4v) is 3.24. The van der Waals surface area contributed by atoms with E-state index in [1.54, 1.807) is 11.3 Å². The highest BCUT2D eigenvalue weighted by Gasteiger charge is 2.13. The van der Waals surface area contributed by atoms with Crippen LogP contribution in [0.25, 0.3) is 0 Å². The van der Waals surface area contributed by atoms with Crippen molar-refractivity contribution in [2.45, 2.75) is 26.4 Å². The number of hydrogen-bond acceptors (Lipinski definition) is 3. The highest BCUT2D eigenvalue weighted by atomic mass is 79.9. The molecule has 0 radical (unpaired) electrons. The molecule has 0 aliphatic carbocycles. The molecule has 1 amide bonds. The molecule has 0 bridgehead atoms. The molecule has 0 saturated heterocycles. The van der Waals surface area contributed by atoms with E-state index in [1.807, 2.05) is 37.3 Å². The predicted octanol–water partition coefficient (Wildman–Crippen LogP) is 4.21. The number of halogens is 1. The number of hydrogen-bond donors (Lipinski definition) is 1. The average Bonchev–Trinajstić information content (AvgIpc) is 3.00. The van der Waals surface area contributed by atoms with Gasteiger partial charge in [-0.1, -0.05) is 41.1 Å². The number of benzene rings is 1. The Balaban J connectivity index is 1.86. The first-order valence-electron chi connectivity index (χ1n) is 7.38. The maximum Gasteiger partial charge on any atom is 0.234 e. The number of amides is 1. The average molecular weight is 381 g/mol. The Morgan fingerprint density at radius 2 is 2.05 bits per heavy atom. The summed E-state index contributed by atoms with van der Waals surface area (Å²) in [5.41, 5.74) is 1.11. The number of thiophene rings is 1. The van der Waals surface area contributed by atoms with Gasteiger partial charge in [-0.3, -0.25) is 9.69 Å². The van der Waals surface area contributed by atoms with Gasteiger partial charge in [0.05, 0.1) is 12.6 Å². The maximum atomic E-state index is 12.2. The summed E-state index contributed by atoms with van der Waals surface area (Å²) in [6.45, 7) is 6.21. The molecule has 22 heavy (non-hydrogen) atoms. The summed E-state index contributed by atoms with van der Waals surface area (Å²) in [6.07, 6.45) is 0. The second-order valence-corrected chi connectivity index (χ2v) is 7.17. The van der Waals surface area contributed by atoms with E-state index >= 15 is 0 Å². The number of nitrogens with one attached hydrogen (secondary N) is 1. The third kappa shape index (κ3) is 5.23. The summed E-state index contributed by atoms with van der Waals surface area (Å²) < 4.78 is 1.04. The van der Waals surface area contributed by atoms with E-state index in [4.69, 9.17) is 0 Å². The van der Waals surface area contributed by atoms with Crippen molar-refractivity contribution in [1.29, 1.82) is 0 Å². The van der Waals surface area contributed by atoms with Gasteiger partial charge >= 0.3 is 0 Å². The van der Waals surface area contributed by atoms with Crippen molar-refractivity contribution < 1.29 is 4.79 Å². The standard InChI is InChI=1S/C17H21BrN2OS/c1-3-20(11-16-5-4-10-22-16)12-17(21)19-13(2)14-6-8-15(18)9-7-14/h4-10,13H,3,11-12H2,1-2H3,(H,19,21)/t13-/m1/s1. The topological polar surface area (TPSA) is 32.3 Å². The van der Waals surface area contributed by atoms with Crippen molar-refractivity contribution >= 4 is 33.2 Å². The Morgan fingerprint density at radius 3 is 2.64 bits per heavy atom. The lowest BCUT2D eigenvalue weighted by atomic mass is 10.1. The van der Waals surface area contributed by atoms with Crippen LogP contribution >= 0.6 is 27.3 Å². The summed E-state index contributed by atoms with van der Waals surface area (Å²) in [7, 11) is 0. The second kappa shape index (κ2) is 8.46. The lowest BCUT2D eigenvalue weighted by molar-refractivity contribution is -0.123. The van der Waals surface area contributed by atoms with Crippen LogP contribution in [0.5, 0.6) is 0 Å². The molecular weight excluding hydrogens is 360 g/mol. The first-order valence-corrected chi connectivity index (χ1v) is 9.05. The molecule has 0 unspecified atom stereocenters. The van der Waals surface area contributed by atoms with E-state index in [1.165, 1.54) is 4.88 Å². The quantitative estimate of drug-likeness (QED) is 0.779. The Hall–Kier alpha value is -1.17. The summed E-state index contributed by atoms with van der Waals surface area (Å²) in [5, 5.41) is 5.14. The second-order valence-electron chi connectivity index (χ2n) is 5.22. The van der Waals surface area contributed by atoms with Crippen molar-refractivity contribution in [3.63, 3.8) is 0 Å². The molecule has 1 heterocycles. The van der Waals surface area contributed by atoms with Crippen LogP contribution in [0.4, 0.5) is 0 Å². The van der Waals surface area contributed by atoms with Crippen molar-refractivity contribution in [2.24, 2.45) is 0 Å². The summed E-state index contributed by atoms with van der Waals surface area (Å²) >= 11 is 5.15. The van der Waals surface area contributed by atoms with E-state index in [9.17, 15) is 4.79 Å². The molecule has 0 aliphatic rings. The fraction of sp³-hybridized carbons (Fsp3) is 0.353. The van der Waals surface area contributed by atoms with Gasteiger partial charge in [-0.25, -0.2) is 0 Å². The van der Waals surface area contributed by atoms with Gasteiger partial charge in [0.25, 0.3) is 0 Å². The number of carbonyl (C=O) groups is 1. The van der Waals surface area contributed by atoms with E-state index in [0.29, 0.717) is 6.54 Å². The third-order valence-corrected chi connectivity index (χ3v) is 4.91. The van der Waals surface area contributed by atoms with Gasteiger partial charge in [0.15, 0.2) is 0 Å². The van der Waals surface area contributed by atoms with E-state index in [-0.39, 0.29) is 11.9 Å². The molecule has 2 rings (SSSR count). The highest BCUT2D eigenvalue weighted by molar-refractivity contribution is 9.10. The molecule has 0 saturated carbocycles. The Bertz CT molecular complexity index is 583. The van der Waals surface area contributed by atoms with Crippen molar-refractivity contribution in [1.82, 2.24) is 10.2 Å². The molecule has 1 atom stereocenters. The molecule has 5 heteroatoms. The maximum absolute atomic E-state index is 12.2. The van der Waals surface area contributed by atoms with Gasteiger partial charge in [0.2, 0.25) is 5.91 Å². The first-order chi connectivity index (χ1) is 10.6. The van der Waals surface area contributed by atoms with Crippen LogP contribution in [0.1, 0.15) is 30.3 Å². The van der Waals surface area contributed by atoms with Gasteiger partial charge in [-0.15, -0.1) is 11.3 Å². The Labute approximate surface area is 144 Å². The minimum Gasteiger partial charge on any atom is -0.348 e. The zero-order chi connectivity index (χ0) is 15.9. The molecule has 1 N–H and O–H groups in total. The van der Waals surface area contributed by atoms with Crippen molar-refractivity contribution in [3.8, 4) is 0 Å². The molecule has 1 aromatic carbocycles. The van der Waals surface area contributed by atoms with Crippen LogP contribution in [-0.4, -0.2) is 23.9 Å². The minimum absolute atomic E-state index is 0.0149. The monoisotopic (exact) mass is 380 g/mol. The molecule has 3 nitrogen and oxygen atoms in total. The lowest BCUT2D eigenvalue weighted by Gasteiger charge is -2.21. The van der Waals surface area contributed by atoms with E-state index in [2.05, 4.69) is 44.5 Å². The normalized spacial score (nSPS) is 12.4.